The van der Waals surface area contributed by atoms with Gasteiger partial charge in [0.2, 0.25) is 0 Å². The Bertz CT molecular complexity index is 828. The minimum atomic E-state index is -0.220. The fourth-order valence-electron chi connectivity index (χ4n) is 1.99. The van der Waals surface area contributed by atoms with Crippen molar-refractivity contribution in [1.29, 1.82) is 0 Å². The molecule has 5 heteroatoms. The van der Waals surface area contributed by atoms with Crippen molar-refractivity contribution in [3.63, 3.8) is 0 Å². The number of anilines is 1. The number of amides is 1. The molecule has 0 bridgehead atoms. The lowest BCUT2D eigenvalue weighted by molar-refractivity contribution is -0.112. The molecule has 0 spiro atoms. The first-order chi connectivity index (χ1) is 11.2. The molecule has 3 rings (SSSR count). The molecule has 0 saturated carbocycles. The van der Waals surface area contributed by atoms with Crippen molar-refractivity contribution in [3.05, 3.63) is 76.1 Å². The Hall–Kier alpha value is -2.24. The highest BCUT2D eigenvalue weighted by Crippen LogP contribution is 2.25. The Kier molecular flexibility index (Phi) is 5.00. The van der Waals surface area contributed by atoms with Crippen LogP contribution in [0.25, 0.3) is 17.3 Å². The van der Waals surface area contributed by atoms with Crippen LogP contribution >= 0.6 is 27.3 Å². The van der Waals surface area contributed by atoms with Crippen LogP contribution in [0.5, 0.6) is 0 Å². The SMILES string of the molecule is O=C(Nc1nc(-c2ccccc2)cs1)C(Br)=Cc1ccccc1. The van der Waals surface area contributed by atoms with Crippen molar-refractivity contribution >= 4 is 44.4 Å². The number of hydrogen-bond donors (Lipinski definition) is 1. The van der Waals surface area contributed by atoms with Gasteiger partial charge in [0.15, 0.2) is 5.13 Å². The maximum atomic E-state index is 12.2. The second-order valence-corrected chi connectivity index (χ2v) is 6.47. The normalized spacial score (nSPS) is 11.3. The Balaban J connectivity index is 1.71. The summed E-state index contributed by atoms with van der Waals surface area (Å²) < 4.78 is 0.458. The number of hydrogen-bond acceptors (Lipinski definition) is 3. The molecule has 0 aliphatic carbocycles. The summed E-state index contributed by atoms with van der Waals surface area (Å²) in [7, 11) is 0. The predicted molar refractivity (Wildman–Crippen MR) is 99.5 cm³/mol. The van der Waals surface area contributed by atoms with Gasteiger partial charge in [-0.2, -0.15) is 0 Å². The second-order valence-electron chi connectivity index (χ2n) is 4.76. The largest absolute Gasteiger partial charge is 0.297 e. The Morgan fingerprint density at radius 2 is 1.70 bits per heavy atom. The molecule has 23 heavy (non-hydrogen) atoms. The van der Waals surface area contributed by atoms with Crippen molar-refractivity contribution in [2.24, 2.45) is 0 Å². The van der Waals surface area contributed by atoms with Gasteiger partial charge >= 0.3 is 0 Å². The third-order valence-corrected chi connectivity index (χ3v) is 4.45. The summed E-state index contributed by atoms with van der Waals surface area (Å²) in [6.07, 6.45) is 1.78. The number of rotatable bonds is 4. The minimum absolute atomic E-state index is 0.220. The summed E-state index contributed by atoms with van der Waals surface area (Å²) in [5, 5.41) is 5.31. The molecule has 1 heterocycles. The van der Waals surface area contributed by atoms with Crippen LogP contribution in [0, 0.1) is 0 Å². The smallest absolute Gasteiger partial charge is 0.264 e. The number of nitrogens with one attached hydrogen (secondary N) is 1. The van der Waals surface area contributed by atoms with Crippen molar-refractivity contribution in [2.45, 2.75) is 0 Å². The highest BCUT2D eigenvalue weighted by molar-refractivity contribution is 9.12. The molecule has 2 aromatic carbocycles. The molecule has 1 amide bonds. The molecule has 1 N–H and O–H groups in total. The van der Waals surface area contributed by atoms with Gasteiger partial charge in [0.1, 0.15) is 0 Å². The zero-order chi connectivity index (χ0) is 16.1. The van der Waals surface area contributed by atoms with Gasteiger partial charge in [0, 0.05) is 10.9 Å². The fourth-order valence-corrected chi connectivity index (χ4v) is 3.07. The summed E-state index contributed by atoms with van der Waals surface area (Å²) in [5.41, 5.74) is 2.84. The lowest BCUT2D eigenvalue weighted by Crippen LogP contribution is -2.10. The molecular formula is C18H13BrN2OS. The van der Waals surface area contributed by atoms with E-state index in [4.69, 9.17) is 0 Å². The quantitative estimate of drug-likeness (QED) is 0.629. The third kappa shape index (κ3) is 4.15. The fraction of sp³-hybridized carbons (Fsp3) is 0. The maximum Gasteiger partial charge on any atom is 0.264 e. The van der Waals surface area contributed by atoms with Crippen LogP contribution in [-0.4, -0.2) is 10.9 Å². The van der Waals surface area contributed by atoms with Crippen LogP contribution in [0.2, 0.25) is 0 Å². The van der Waals surface area contributed by atoms with E-state index in [1.54, 1.807) is 6.08 Å². The van der Waals surface area contributed by atoms with Gasteiger partial charge < -0.3 is 0 Å². The molecule has 0 unspecified atom stereocenters. The van der Waals surface area contributed by atoms with Gasteiger partial charge in [-0.3, -0.25) is 10.1 Å². The number of aromatic nitrogens is 1. The van der Waals surface area contributed by atoms with Crippen LogP contribution < -0.4 is 5.32 Å². The van der Waals surface area contributed by atoms with Crippen LogP contribution in [0.1, 0.15) is 5.56 Å². The number of carbonyl (C=O) groups excluding carboxylic acids is 1. The van der Waals surface area contributed by atoms with Gasteiger partial charge in [-0.05, 0) is 27.6 Å². The summed E-state index contributed by atoms with van der Waals surface area (Å²) in [5.74, 6) is -0.220. The van der Waals surface area contributed by atoms with Crippen LogP contribution in [0.3, 0.4) is 0 Å². The van der Waals surface area contributed by atoms with E-state index < -0.39 is 0 Å². The van der Waals surface area contributed by atoms with Crippen LogP contribution in [0.15, 0.2) is 70.5 Å². The molecule has 1 aromatic heterocycles. The first-order valence-electron chi connectivity index (χ1n) is 6.97. The molecular weight excluding hydrogens is 372 g/mol. The minimum Gasteiger partial charge on any atom is -0.297 e. The van der Waals surface area contributed by atoms with Crippen molar-refractivity contribution in [1.82, 2.24) is 4.98 Å². The summed E-state index contributed by atoms with van der Waals surface area (Å²) in [6.45, 7) is 0. The molecule has 0 aliphatic heterocycles. The average molecular weight is 385 g/mol. The first kappa shape index (κ1) is 15.6. The van der Waals surface area contributed by atoms with E-state index >= 15 is 0 Å². The molecule has 3 aromatic rings. The Morgan fingerprint density at radius 1 is 1.04 bits per heavy atom. The zero-order valence-electron chi connectivity index (χ0n) is 12.1. The number of thiazole rings is 1. The number of halogens is 1. The van der Waals surface area contributed by atoms with E-state index in [1.807, 2.05) is 66.0 Å². The highest BCUT2D eigenvalue weighted by atomic mass is 79.9. The number of nitrogens with zero attached hydrogens (tertiary/aromatic N) is 1. The molecule has 0 fully saturated rings. The Morgan fingerprint density at radius 3 is 2.39 bits per heavy atom. The van der Waals surface area contributed by atoms with E-state index in [9.17, 15) is 4.79 Å². The molecule has 0 atom stereocenters. The standard InChI is InChI=1S/C18H13BrN2OS/c19-15(11-13-7-3-1-4-8-13)17(22)21-18-20-16(12-23-18)14-9-5-2-6-10-14/h1-12H,(H,20,21,22). The molecule has 0 saturated heterocycles. The van der Waals surface area contributed by atoms with Crippen LogP contribution in [0.4, 0.5) is 5.13 Å². The highest BCUT2D eigenvalue weighted by Gasteiger charge is 2.10. The molecule has 114 valence electrons. The second kappa shape index (κ2) is 7.35. The Labute approximate surface area is 146 Å². The van der Waals surface area contributed by atoms with E-state index in [1.165, 1.54) is 11.3 Å². The van der Waals surface area contributed by atoms with E-state index in [0.29, 0.717) is 9.61 Å². The third-order valence-electron chi connectivity index (χ3n) is 3.10. The summed E-state index contributed by atoms with van der Waals surface area (Å²) >= 11 is 4.72. The van der Waals surface area contributed by atoms with Gasteiger partial charge in [-0.15, -0.1) is 11.3 Å². The number of carbonyl (C=O) groups is 1. The van der Waals surface area contributed by atoms with Gasteiger partial charge in [0.05, 0.1) is 10.2 Å². The molecule has 0 radical (unpaired) electrons. The topological polar surface area (TPSA) is 42.0 Å². The van der Waals surface area contributed by atoms with Crippen molar-refractivity contribution in [3.8, 4) is 11.3 Å². The molecule has 0 aliphatic rings. The van der Waals surface area contributed by atoms with E-state index in [-0.39, 0.29) is 5.91 Å². The summed E-state index contributed by atoms with van der Waals surface area (Å²) in [6, 6.07) is 19.5. The average Bonchev–Trinajstić information content (AvgIpc) is 3.05. The van der Waals surface area contributed by atoms with E-state index in [2.05, 4.69) is 26.2 Å². The monoisotopic (exact) mass is 384 g/mol. The van der Waals surface area contributed by atoms with Gasteiger partial charge in [-0.25, -0.2) is 4.98 Å². The maximum absolute atomic E-state index is 12.2. The molecule has 3 nitrogen and oxygen atoms in total. The van der Waals surface area contributed by atoms with Crippen molar-refractivity contribution < 1.29 is 4.79 Å². The predicted octanol–water partition coefficient (Wildman–Crippen LogP) is 5.18. The van der Waals surface area contributed by atoms with Gasteiger partial charge in [-0.1, -0.05) is 60.7 Å². The van der Waals surface area contributed by atoms with Crippen LogP contribution in [-0.2, 0) is 4.79 Å². The zero-order valence-corrected chi connectivity index (χ0v) is 14.5. The summed E-state index contributed by atoms with van der Waals surface area (Å²) in [4.78, 5) is 16.7. The lowest BCUT2D eigenvalue weighted by Gasteiger charge is -2.01. The van der Waals surface area contributed by atoms with Crippen molar-refractivity contribution in [2.75, 3.05) is 5.32 Å². The number of benzene rings is 2. The lowest BCUT2D eigenvalue weighted by atomic mass is 10.2. The first-order valence-corrected chi connectivity index (χ1v) is 8.64. The van der Waals surface area contributed by atoms with E-state index in [0.717, 1.165) is 16.8 Å². The van der Waals surface area contributed by atoms with Gasteiger partial charge in [0.25, 0.3) is 5.91 Å².